The maximum atomic E-state index is 10.7. The third kappa shape index (κ3) is 2.23. The number of anilines is 1. The van der Waals surface area contributed by atoms with Crippen LogP contribution in [0.1, 0.15) is 29.9 Å². The van der Waals surface area contributed by atoms with Crippen molar-refractivity contribution in [2.24, 2.45) is 11.8 Å². The first kappa shape index (κ1) is 11.9. The highest BCUT2D eigenvalue weighted by molar-refractivity contribution is 7.17. The van der Waals surface area contributed by atoms with Gasteiger partial charge in [-0.05, 0) is 18.3 Å². The van der Waals surface area contributed by atoms with Gasteiger partial charge in [-0.2, -0.15) is 0 Å². The standard InChI is InChI=1S/C11H15ClN2OS/c1-7-3-4-14(5-8(7)2)11-13-10(12)9(6-15)16-11/h6-8H,3-5H2,1-2H3. The first-order valence-corrected chi connectivity index (χ1v) is 6.67. The molecule has 0 amide bonds. The van der Waals surface area contributed by atoms with Crippen LogP contribution in [0.5, 0.6) is 0 Å². The molecule has 0 spiro atoms. The molecule has 16 heavy (non-hydrogen) atoms. The lowest BCUT2D eigenvalue weighted by atomic mass is 9.89. The maximum Gasteiger partial charge on any atom is 0.187 e. The third-order valence-corrected chi connectivity index (χ3v) is 4.75. The molecule has 88 valence electrons. The van der Waals surface area contributed by atoms with Crippen LogP contribution in [0.4, 0.5) is 5.13 Å². The second-order valence-corrected chi connectivity index (χ2v) is 5.83. The first-order valence-electron chi connectivity index (χ1n) is 5.48. The van der Waals surface area contributed by atoms with Gasteiger partial charge in [0, 0.05) is 13.1 Å². The fraction of sp³-hybridized carbons (Fsp3) is 0.636. The highest BCUT2D eigenvalue weighted by Crippen LogP contribution is 2.32. The Morgan fingerprint density at radius 3 is 2.81 bits per heavy atom. The molecular formula is C11H15ClN2OS. The second kappa shape index (κ2) is 4.72. The van der Waals surface area contributed by atoms with Crippen molar-refractivity contribution in [3.8, 4) is 0 Å². The minimum atomic E-state index is 0.335. The lowest BCUT2D eigenvalue weighted by Crippen LogP contribution is -2.38. The van der Waals surface area contributed by atoms with Crippen LogP contribution in [0, 0.1) is 11.8 Å². The molecule has 0 N–H and O–H groups in total. The van der Waals surface area contributed by atoms with Gasteiger partial charge < -0.3 is 4.90 Å². The van der Waals surface area contributed by atoms with Crippen LogP contribution in [-0.4, -0.2) is 24.4 Å². The Morgan fingerprint density at radius 2 is 2.25 bits per heavy atom. The Bertz CT molecular complexity index is 393. The molecule has 3 nitrogen and oxygen atoms in total. The van der Waals surface area contributed by atoms with E-state index in [1.165, 1.54) is 17.8 Å². The summed E-state index contributed by atoms with van der Waals surface area (Å²) in [6.07, 6.45) is 1.95. The SMILES string of the molecule is CC1CCN(c2nc(Cl)c(C=O)s2)CC1C. The van der Waals surface area contributed by atoms with Crippen molar-refractivity contribution in [2.45, 2.75) is 20.3 Å². The molecule has 1 aromatic heterocycles. The van der Waals surface area contributed by atoms with Crippen LogP contribution < -0.4 is 4.90 Å². The third-order valence-electron chi connectivity index (χ3n) is 3.31. The number of thiazole rings is 1. The zero-order valence-electron chi connectivity index (χ0n) is 9.44. The summed E-state index contributed by atoms with van der Waals surface area (Å²) in [5, 5.41) is 1.21. The van der Waals surface area contributed by atoms with E-state index in [0.717, 1.165) is 30.4 Å². The molecule has 2 rings (SSSR count). The lowest BCUT2D eigenvalue weighted by molar-refractivity contribution is 0.112. The average molecular weight is 259 g/mol. The lowest BCUT2D eigenvalue weighted by Gasteiger charge is -2.35. The van der Waals surface area contributed by atoms with Gasteiger partial charge in [0.2, 0.25) is 0 Å². The van der Waals surface area contributed by atoms with E-state index < -0.39 is 0 Å². The van der Waals surface area contributed by atoms with Crippen LogP contribution >= 0.6 is 22.9 Å². The van der Waals surface area contributed by atoms with E-state index in [1.807, 2.05) is 0 Å². The van der Waals surface area contributed by atoms with Crippen molar-refractivity contribution in [1.29, 1.82) is 0 Å². The van der Waals surface area contributed by atoms with Crippen LogP contribution in [-0.2, 0) is 0 Å². The van der Waals surface area contributed by atoms with Gasteiger partial charge in [-0.1, -0.05) is 36.8 Å². The van der Waals surface area contributed by atoms with Gasteiger partial charge in [0.25, 0.3) is 0 Å². The molecular weight excluding hydrogens is 244 g/mol. The van der Waals surface area contributed by atoms with Gasteiger partial charge in [0.1, 0.15) is 4.88 Å². The van der Waals surface area contributed by atoms with E-state index >= 15 is 0 Å². The summed E-state index contributed by atoms with van der Waals surface area (Å²) in [5.41, 5.74) is 0. The Balaban J connectivity index is 2.15. The number of halogens is 1. The minimum Gasteiger partial charge on any atom is -0.348 e. The van der Waals surface area contributed by atoms with Crippen molar-refractivity contribution in [1.82, 2.24) is 4.98 Å². The molecule has 2 heterocycles. The molecule has 1 saturated heterocycles. The Hall–Kier alpha value is -0.610. The number of carbonyl (C=O) groups is 1. The second-order valence-electron chi connectivity index (χ2n) is 4.46. The number of hydrogen-bond acceptors (Lipinski definition) is 4. The van der Waals surface area contributed by atoms with Gasteiger partial charge in [-0.25, -0.2) is 4.98 Å². The number of nitrogens with zero attached hydrogens (tertiary/aromatic N) is 2. The number of hydrogen-bond donors (Lipinski definition) is 0. The smallest absolute Gasteiger partial charge is 0.187 e. The van der Waals surface area contributed by atoms with Gasteiger partial charge >= 0.3 is 0 Å². The fourth-order valence-electron chi connectivity index (χ4n) is 1.95. The quantitative estimate of drug-likeness (QED) is 0.765. The van der Waals surface area contributed by atoms with Crippen molar-refractivity contribution in [2.75, 3.05) is 18.0 Å². The number of carbonyl (C=O) groups excluding carboxylic acids is 1. The average Bonchev–Trinajstić information content (AvgIpc) is 2.64. The number of piperidine rings is 1. The number of rotatable bonds is 2. The van der Waals surface area contributed by atoms with Crippen molar-refractivity contribution in [3.05, 3.63) is 10.0 Å². The highest BCUT2D eigenvalue weighted by Gasteiger charge is 2.25. The van der Waals surface area contributed by atoms with E-state index in [9.17, 15) is 4.79 Å². The molecule has 2 unspecified atom stereocenters. The maximum absolute atomic E-state index is 10.7. The molecule has 0 aromatic carbocycles. The largest absolute Gasteiger partial charge is 0.348 e. The van der Waals surface area contributed by atoms with Crippen LogP contribution in [0.25, 0.3) is 0 Å². The van der Waals surface area contributed by atoms with Crippen molar-refractivity contribution < 1.29 is 4.79 Å². The number of aromatic nitrogens is 1. The van der Waals surface area contributed by atoms with Gasteiger partial charge in [-0.3, -0.25) is 4.79 Å². The predicted molar refractivity (Wildman–Crippen MR) is 67.7 cm³/mol. The van der Waals surface area contributed by atoms with E-state index in [4.69, 9.17) is 11.6 Å². The molecule has 1 fully saturated rings. The van der Waals surface area contributed by atoms with E-state index in [1.54, 1.807) is 0 Å². The molecule has 1 aliphatic rings. The highest BCUT2D eigenvalue weighted by atomic mass is 35.5. The summed E-state index contributed by atoms with van der Waals surface area (Å²) >= 11 is 7.25. The summed E-state index contributed by atoms with van der Waals surface area (Å²) < 4.78 is 0. The molecule has 0 aliphatic carbocycles. The zero-order chi connectivity index (χ0) is 11.7. The number of aldehydes is 1. The summed E-state index contributed by atoms with van der Waals surface area (Å²) in [6.45, 7) is 6.55. The van der Waals surface area contributed by atoms with Crippen molar-refractivity contribution in [3.63, 3.8) is 0 Å². The Morgan fingerprint density at radius 1 is 1.50 bits per heavy atom. The van der Waals surface area contributed by atoms with Crippen LogP contribution in [0.15, 0.2) is 0 Å². The van der Waals surface area contributed by atoms with Gasteiger partial charge in [0.15, 0.2) is 16.6 Å². The zero-order valence-corrected chi connectivity index (χ0v) is 11.0. The van der Waals surface area contributed by atoms with Gasteiger partial charge in [0.05, 0.1) is 0 Å². The monoisotopic (exact) mass is 258 g/mol. The first-order chi connectivity index (χ1) is 7.61. The predicted octanol–water partition coefficient (Wildman–Crippen LogP) is 3.09. The molecule has 2 atom stereocenters. The minimum absolute atomic E-state index is 0.335. The summed E-state index contributed by atoms with van der Waals surface area (Å²) in [6, 6.07) is 0. The van der Waals surface area contributed by atoms with E-state index in [2.05, 4.69) is 23.7 Å². The topological polar surface area (TPSA) is 33.2 Å². The fourth-order valence-corrected chi connectivity index (χ4v) is 3.04. The van der Waals surface area contributed by atoms with Crippen LogP contribution in [0.3, 0.4) is 0 Å². The Kier molecular flexibility index (Phi) is 3.50. The molecule has 1 aromatic rings. The molecule has 5 heteroatoms. The summed E-state index contributed by atoms with van der Waals surface area (Å²) in [4.78, 5) is 17.7. The van der Waals surface area contributed by atoms with E-state index in [0.29, 0.717) is 15.9 Å². The summed E-state index contributed by atoms with van der Waals surface area (Å²) in [5.74, 6) is 1.42. The molecule has 0 saturated carbocycles. The Labute approximate surface area is 104 Å². The molecule has 1 aliphatic heterocycles. The summed E-state index contributed by atoms with van der Waals surface area (Å²) in [7, 11) is 0. The van der Waals surface area contributed by atoms with Gasteiger partial charge in [-0.15, -0.1) is 0 Å². The van der Waals surface area contributed by atoms with E-state index in [-0.39, 0.29) is 0 Å². The normalized spacial score (nSPS) is 25.8. The molecule has 0 bridgehead atoms. The van der Waals surface area contributed by atoms with Crippen molar-refractivity contribution >= 4 is 34.4 Å². The van der Waals surface area contributed by atoms with Crippen LogP contribution in [0.2, 0.25) is 5.15 Å². The molecule has 0 radical (unpaired) electrons.